The maximum Gasteiger partial charge on any atom is 0.311 e. The molecule has 2 fully saturated rings. The first-order valence-electron chi connectivity index (χ1n) is 19.1. The summed E-state index contributed by atoms with van der Waals surface area (Å²) in [5, 5.41) is 75.1. The number of fused-ring (bicyclic) bond motifs is 2. The van der Waals surface area contributed by atoms with Crippen LogP contribution in [-0.4, -0.2) is 127 Å². The fourth-order valence-corrected chi connectivity index (χ4v) is 7.15. The molecule has 15 heteroatoms. The van der Waals surface area contributed by atoms with E-state index in [4.69, 9.17) is 24.7 Å². The van der Waals surface area contributed by atoms with Crippen molar-refractivity contribution in [2.45, 2.75) is 164 Å². The van der Waals surface area contributed by atoms with Crippen molar-refractivity contribution < 1.29 is 69.1 Å². The fourth-order valence-electron chi connectivity index (χ4n) is 7.15. The molecule has 0 unspecified atom stereocenters. The minimum absolute atomic E-state index is 0.0177. The summed E-state index contributed by atoms with van der Waals surface area (Å²) in [6.07, 6.45) is 2.99. The standard InChI is InChI=1S/C39H61NO14/c1-4-14-26-17-11-9-7-6-8-10-12-18-27(53-38-35(46)33(40)34(45)23(3)51-38)20-31-32(36(47)48)30(44)22-39(50,54-31)21-25(42)16-13-15-24(41)19-29(43)28(5-2)37(49)52-26/h6-12,18,23,25-35,38,42-46,50H,4-5,13-17,19-22,40H2,1-3H3,(H,47,48)/b7-6-,10-8-,11-9-,18-12-/t23-,25+,26-,27+,28+,29-,30+,31-,32-,33+,34-,35+,38+,39-/m1/s1. The summed E-state index contributed by atoms with van der Waals surface area (Å²) in [6, 6.07) is -1.10. The van der Waals surface area contributed by atoms with Crippen LogP contribution in [0.1, 0.15) is 91.4 Å². The summed E-state index contributed by atoms with van der Waals surface area (Å²) in [5.41, 5.74) is 6.00. The third-order valence-corrected chi connectivity index (χ3v) is 10.2. The highest BCUT2D eigenvalue weighted by atomic mass is 16.7. The summed E-state index contributed by atoms with van der Waals surface area (Å²) in [6.45, 7) is 5.27. The second-order valence-corrected chi connectivity index (χ2v) is 14.7. The van der Waals surface area contributed by atoms with Gasteiger partial charge in [-0.25, -0.2) is 0 Å². The third kappa shape index (κ3) is 13.7. The Morgan fingerprint density at radius 3 is 2.33 bits per heavy atom. The molecule has 15 nitrogen and oxygen atoms in total. The van der Waals surface area contributed by atoms with Crippen LogP contribution in [-0.2, 0) is 33.3 Å². The maximum absolute atomic E-state index is 13.0. The molecule has 0 saturated carbocycles. The van der Waals surface area contributed by atoms with E-state index in [1.54, 1.807) is 56.4 Å². The first-order chi connectivity index (χ1) is 25.6. The molecule has 0 aromatic heterocycles. The van der Waals surface area contributed by atoms with E-state index < -0.39 is 110 Å². The van der Waals surface area contributed by atoms with Gasteiger partial charge >= 0.3 is 11.9 Å². The second kappa shape index (κ2) is 22.0. The summed E-state index contributed by atoms with van der Waals surface area (Å²) >= 11 is 0. The van der Waals surface area contributed by atoms with Gasteiger partial charge in [-0.2, -0.15) is 0 Å². The van der Waals surface area contributed by atoms with Crippen LogP contribution in [0.4, 0.5) is 0 Å². The van der Waals surface area contributed by atoms with Crippen molar-refractivity contribution in [1.82, 2.24) is 0 Å². The highest BCUT2D eigenvalue weighted by Crippen LogP contribution is 2.38. The van der Waals surface area contributed by atoms with Crippen molar-refractivity contribution in [2.24, 2.45) is 17.6 Å². The predicted molar refractivity (Wildman–Crippen MR) is 195 cm³/mol. The largest absolute Gasteiger partial charge is 0.481 e. The lowest BCUT2D eigenvalue weighted by molar-refractivity contribution is -0.308. The van der Waals surface area contributed by atoms with E-state index in [0.29, 0.717) is 12.8 Å². The van der Waals surface area contributed by atoms with E-state index in [1.807, 2.05) is 13.0 Å². The van der Waals surface area contributed by atoms with E-state index in [1.165, 1.54) is 0 Å². The molecule has 3 heterocycles. The Balaban J connectivity index is 1.90. The predicted octanol–water partition coefficient (Wildman–Crippen LogP) is 1.70. The Kier molecular flexibility index (Phi) is 18.6. The number of carbonyl (C=O) groups is 3. The normalized spacial score (nSPS) is 42.3. The number of aliphatic hydroxyl groups is 6. The van der Waals surface area contributed by atoms with Crippen molar-refractivity contribution in [3.63, 3.8) is 0 Å². The van der Waals surface area contributed by atoms with Crippen molar-refractivity contribution in [3.8, 4) is 0 Å². The van der Waals surface area contributed by atoms with E-state index in [-0.39, 0.29) is 44.3 Å². The third-order valence-electron chi connectivity index (χ3n) is 10.2. The van der Waals surface area contributed by atoms with Gasteiger partial charge in [-0.05, 0) is 32.6 Å². The van der Waals surface area contributed by atoms with Crippen molar-refractivity contribution in [2.75, 3.05) is 0 Å². The molecule has 2 saturated heterocycles. The zero-order chi connectivity index (χ0) is 40.0. The van der Waals surface area contributed by atoms with Gasteiger partial charge in [-0.3, -0.25) is 14.4 Å². The van der Waals surface area contributed by atoms with Crippen molar-refractivity contribution in [1.29, 1.82) is 0 Å². The number of ether oxygens (including phenoxy) is 4. The van der Waals surface area contributed by atoms with Gasteiger partial charge in [0, 0.05) is 38.5 Å². The quantitative estimate of drug-likeness (QED) is 0.179. The molecule has 3 aliphatic heterocycles. The number of hydrogen-bond acceptors (Lipinski definition) is 14. The van der Waals surface area contributed by atoms with Gasteiger partial charge in [0.2, 0.25) is 0 Å². The zero-order valence-corrected chi connectivity index (χ0v) is 31.5. The Bertz CT molecular complexity index is 1320. The minimum Gasteiger partial charge on any atom is -0.481 e. The molecule has 2 bridgehead atoms. The smallest absolute Gasteiger partial charge is 0.311 e. The average molecular weight is 768 g/mol. The lowest BCUT2D eigenvalue weighted by atomic mass is 9.83. The number of Topliss-reactive ketones (excluding diaryl/α,β-unsaturated/α-hetero) is 1. The number of carboxylic acids is 1. The molecule has 0 spiro atoms. The van der Waals surface area contributed by atoms with Crippen LogP contribution in [0.15, 0.2) is 48.6 Å². The topological polar surface area (TPSA) is 256 Å². The molecular weight excluding hydrogens is 706 g/mol. The van der Waals surface area contributed by atoms with Gasteiger partial charge in [0.1, 0.15) is 23.9 Å². The molecule has 306 valence electrons. The van der Waals surface area contributed by atoms with Crippen LogP contribution in [0.2, 0.25) is 0 Å². The first kappa shape index (κ1) is 45.6. The first-order valence-corrected chi connectivity index (χ1v) is 19.1. The summed E-state index contributed by atoms with van der Waals surface area (Å²) < 4.78 is 23.4. The maximum atomic E-state index is 13.0. The van der Waals surface area contributed by atoms with Gasteiger partial charge < -0.3 is 60.4 Å². The minimum atomic E-state index is -2.15. The molecule has 3 rings (SSSR count). The monoisotopic (exact) mass is 767 g/mol. The number of aliphatic hydroxyl groups excluding tert-OH is 5. The van der Waals surface area contributed by atoms with Crippen LogP contribution in [0.25, 0.3) is 0 Å². The van der Waals surface area contributed by atoms with Crippen LogP contribution in [0, 0.1) is 11.8 Å². The van der Waals surface area contributed by atoms with Crippen molar-refractivity contribution >= 4 is 17.7 Å². The number of rotatable bonds is 6. The van der Waals surface area contributed by atoms with E-state index in [0.717, 1.165) is 6.42 Å². The lowest BCUT2D eigenvalue weighted by Gasteiger charge is -2.45. The van der Waals surface area contributed by atoms with Gasteiger partial charge in [-0.1, -0.05) is 68.9 Å². The molecule has 9 N–H and O–H groups in total. The molecule has 0 aromatic carbocycles. The molecule has 0 aliphatic carbocycles. The van der Waals surface area contributed by atoms with Gasteiger partial charge in [0.25, 0.3) is 0 Å². The molecule has 3 aliphatic rings. The van der Waals surface area contributed by atoms with Gasteiger partial charge in [-0.15, -0.1) is 0 Å². The molecule has 0 aromatic rings. The number of cyclic esters (lactones) is 1. The Morgan fingerprint density at radius 1 is 0.981 bits per heavy atom. The molecule has 54 heavy (non-hydrogen) atoms. The molecule has 0 radical (unpaired) electrons. The number of nitrogens with two attached hydrogens (primary N) is 1. The highest BCUT2D eigenvalue weighted by molar-refractivity contribution is 5.80. The summed E-state index contributed by atoms with van der Waals surface area (Å²) in [7, 11) is 0. The van der Waals surface area contributed by atoms with Crippen LogP contribution in [0.5, 0.6) is 0 Å². The van der Waals surface area contributed by atoms with Crippen molar-refractivity contribution in [3.05, 3.63) is 48.6 Å². The number of carbonyl (C=O) groups excluding carboxylic acids is 2. The number of hydrogen-bond donors (Lipinski definition) is 8. The van der Waals surface area contributed by atoms with Crippen LogP contribution < -0.4 is 5.73 Å². The number of aliphatic carboxylic acids is 1. The Labute approximate surface area is 317 Å². The van der Waals surface area contributed by atoms with E-state index >= 15 is 0 Å². The SMILES string of the molecule is CCC[C@@H]1C\C=C/C=C\C=C/C=C\[C@H](O[C@@H]2O[C@H](C)[C@@H](O)[C@H](N)[C@@H]2O)C[C@H]2O[C@](O)(C[C@@H](O)CCCC(=O)C[C@@H](O)[C@H](CC)C(=O)O1)C[C@H](O)[C@H]2C(=O)O. The Morgan fingerprint density at radius 2 is 1.67 bits per heavy atom. The number of allylic oxidation sites excluding steroid dienone is 6. The Hall–Kier alpha value is -2.83. The van der Waals surface area contributed by atoms with Gasteiger partial charge in [0.15, 0.2) is 12.1 Å². The van der Waals surface area contributed by atoms with Gasteiger partial charge in [0.05, 0.1) is 54.7 Å². The fraction of sp³-hybridized carbons (Fsp3) is 0.718. The number of esters is 1. The van der Waals surface area contributed by atoms with E-state index in [9.17, 15) is 50.1 Å². The number of ketones is 1. The zero-order valence-electron chi connectivity index (χ0n) is 31.5. The lowest BCUT2D eigenvalue weighted by Crippen LogP contribution is -2.61. The summed E-state index contributed by atoms with van der Waals surface area (Å²) in [5.74, 6) is -6.81. The average Bonchev–Trinajstić information content (AvgIpc) is 3.08. The van der Waals surface area contributed by atoms with Crippen LogP contribution >= 0.6 is 0 Å². The highest BCUT2D eigenvalue weighted by Gasteiger charge is 2.50. The molecule has 0 amide bonds. The number of carboxylic acid groups (broad SMARTS) is 1. The van der Waals surface area contributed by atoms with Crippen LogP contribution in [0.3, 0.4) is 0 Å². The summed E-state index contributed by atoms with van der Waals surface area (Å²) in [4.78, 5) is 38.2. The van der Waals surface area contributed by atoms with E-state index in [2.05, 4.69) is 0 Å². The molecule has 14 atom stereocenters. The second-order valence-electron chi connectivity index (χ2n) is 14.7. The molecular formula is C39H61NO14.